The van der Waals surface area contributed by atoms with Gasteiger partial charge in [0.1, 0.15) is 5.60 Å². The van der Waals surface area contributed by atoms with E-state index in [0.717, 1.165) is 0 Å². The van der Waals surface area contributed by atoms with Crippen molar-refractivity contribution >= 4 is 22.5 Å². The average molecular weight is 357 g/mol. The number of methoxy groups -OCH3 is 1. The fourth-order valence-corrected chi connectivity index (χ4v) is 4.20. The van der Waals surface area contributed by atoms with Gasteiger partial charge in [-0.1, -0.05) is 34.6 Å². The predicted molar refractivity (Wildman–Crippen MR) is 91.3 cm³/mol. The van der Waals surface area contributed by atoms with E-state index >= 15 is 0 Å². The van der Waals surface area contributed by atoms with Gasteiger partial charge in [-0.2, -0.15) is 0 Å². The highest BCUT2D eigenvalue weighted by atomic mass is 28.2. The molecular formula is C17H30NO5Si. The van der Waals surface area contributed by atoms with E-state index in [2.05, 4.69) is 31.3 Å². The summed E-state index contributed by atoms with van der Waals surface area (Å²) in [5.74, 6) is -0.659. The minimum atomic E-state index is -1.61. The van der Waals surface area contributed by atoms with Gasteiger partial charge >= 0.3 is 12.1 Å². The molecule has 1 amide bonds. The van der Waals surface area contributed by atoms with Crippen LogP contribution in [0.4, 0.5) is 4.79 Å². The average Bonchev–Trinajstić information content (AvgIpc) is 2.63. The number of carbonyl (C=O) groups is 2. The van der Waals surface area contributed by atoms with E-state index < -0.39 is 28.8 Å². The highest BCUT2D eigenvalue weighted by Gasteiger charge is 2.69. The monoisotopic (exact) mass is 356 g/mol. The Hall–Kier alpha value is -1.08. The molecule has 1 rings (SSSR count). The van der Waals surface area contributed by atoms with E-state index in [9.17, 15) is 9.59 Å². The third-order valence-electron chi connectivity index (χ3n) is 4.76. The Morgan fingerprint density at radius 2 is 1.62 bits per heavy atom. The summed E-state index contributed by atoms with van der Waals surface area (Å²) in [7, 11) is 4.32. The number of esters is 1. The predicted octanol–water partition coefficient (Wildman–Crippen LogP) is 2.90. The van der Waals surface area contributed by atoms with Crippen molar-refractivity contribution in [1.82, 2.24) is 4.90 Å². The second-order valence-corrected chi connectivity index (χ2v) is 9.17. The molecule has 137 valence electrons. The van der Waals surface area contributed by atoms with Gasteiger partial charge in [0.25, 0.3) is 0 Å². The van der Waals surface area contributed by atoms with E-state index in [0.29, 0.717) is 6.54 Å². The maximum absolute atomic E-state index is 12.8. The molecule has 0 aliphatic carbocycles. The normalized spacial score (nSPS) is 27.1. The third-order valence-corrected chi connectivity index (χ3v) is 5.05. The van der Waals surface area contributed by atoms with E-state index in [1.54, 1.807) is 20.8 Å². The van der Waals surface area contributed by atoms with Gasteiger partial charge in [0.15, 0.2) is 0 Å². The zero-order valence-corrected chi connectivity index (χ0v) is 17.3. The lowest BCUT2D eigenvalue weighted by Crippen LogP contribution is -2.62. The number of nitrogens with zero attached hydrogens (tertiary/aromatic N) is 1. The summed E-state index contributed by atoms with van der Waals surface area (Å²) in [6.45, 7) is 15.7. The first-order chi connectivity index (χ1) is 10.6. The Labute approximate surface area is 148 Å². The second kappa shape index (κ2) is 6.33. The van der Waals surface area contributed by atoms with Crippen LogP contribution in [-0.4, -0.2) is 52.4 Å². The molecule has 1 heterocycles. The Kier molecular flexibility index (Phi) is 5.53. The van der Waals surface area contributed by atoms with Crippen LogP contribution in [0.25, 0.3) is 0 Å². The van der Waals surface area contributed by atoms with E-state index in [4.69, 9.17) is 13.9 Å². The van der Waals surface area contributed by atoms with Crippen molar-refractivity contribution in [3.8, 4) is 0 Å². The molecule has 7 heteroatoms. The van der Waals surface area contributed by atoms with Crippen molar-refractivity contribution in [2.45, 2.75) is 66.7 Å². The quantitative estimate of drug-likeness (QED) is 0.562. The molecule has 0 aromatic rings. The number of amides is 1. The van der Waals surface area contributed by atoms with Crippen molar-refractivity contribution < 1.29 is 23.5 Å². The van der Waals surface area contributed by atoms with Crippen molar-refractivity contribution in [2.24, 2.45) is 16.7 Å². The van der Waals surface area contributed by atoms with Gasteiger partial charge in [-0.05, 0) is 32.1 Å². The van der Waals surface area contributed by atoms with E-state index in [1.807, 2.05) is 13.8 Å². The molecule has 6 nitrogen and oxygen atoms in total. The first kappa shape index (κ1) is 21.0. The van der Waals surface area contributed by atoms with Gasteiger partial charge in [-0.15, -0.1) is 0 Å². The fraction of sp³-hybridized carbons (Fsp3) is 0.882. The second-order valence-electron chi connectivity index (χ2n) is 8.97. The zero-order chi connectivity index (χ0) is 19.1. The molecule has 3 radical (unpaired) electrons. The summed E-state index contributed by atoms with van der Waals surface area (Å²) >= 11 is 0. The van der Waals surface area contributed by atoms with Crippen LogP contribution < -0.4 is 0 Å². The molecule has 1 saturated heterocycles. The molecule has 0 aromatic carbocycles. The van der Waals surface area contributed by atoms with Crippen molar-refractivity contribution in [2.75, 3.05) is 13.7 Å². The number of hydrogen-bond acceptors (Lipinski definition) is 5. The summed E-state index contributed by atoms with van der Waals surface area (Å²) in [5.41, 5.74) is -3.17. The summed E-state index contributed by atoms with van der Waals surface area (Å²) < 4.78 is 16.0. The van der Waals surface area contributed by atoms with E-state index in [1.165, 1.54) is 12.0 Å². The van der Waals surface area contributed by atoms with Crippen LogP contribution in [-0.2, 0) is 18.7 Å². The topological polar surface area (TPSA) is 65.1 Å². The van der Waals surface area contributed by atoms with Gasteiger partial charge < -0.3 is 13.9 Å². The molecule has 24 heavy (non-hydrogen) atoms. The van der Waals surface area contributed by atoms with Crippen LogP contribution in [0.15, 0.2) is 0 Å². The van der Waals surface area contributed by atoms with Gasteiger partial charge in [0.05, 0.1) is 7.11 Å². The number of carbonyl (C=O) groups excluding carboxylic acids is 2. The SMILES string of the molecule is COC(=O)C1(O[Si])N(C(=O)OC(C)(C)C)CC(C(C)(C)C)C1(C)C. The van der Waals surface area contributed by atoms with E-state index in [-0.39, 0.29) is 11.3 Å². The van der Waals surface area contributed by atoms with Crippen LogP contribution >= 0.6 is 0 Å². The van der Waals surface area contributed by atoms with Crippen LogP contribution in [0.3, 0.4) is 0 Å². The fourth-order valence-electron chi connectivity index (χ4n) is 3.74. The molecule has 1 aliphatic heterocycles. The standard InChI is InChI=1S/C17H30NO5Si/c1-14(2,3)11-10-18(13(20)22-15(4,5)6)17(23-24,12(19)21-9)16(11,7)8/h11H,10H2,1-9H3. The lowest BCUT2D eigenvalue weighted by atomic mass is 9.64. The van der Waals surface area contributed by atoms with Crippen molar-refractivity contribution in [3.05, 3.63) is 0 Å². The highest BCUT2D eigenvalue weighted by Crippen LogP contribution is 2.56. The Bertz CT molecular complexity index is 506. The number of hydrogen-bond donors (Lipinski definition) is 0. The number of ether oxygens (including phenoxy) is 2. The molecule has 0 aromatic heterocycles. The van der Waals surface area contributed by atoms with Crippen LogP contribution in [0.1, 0.15) is 55.4 Å². The van der Waals surface area contributed by atoms with Crippen LogP contribution in [0.2, 0.25) is 0 Å². The van der Waals surface area contributed by atoms with Gasteiger partial charge in [0, 0.05) is 12.0 Å². The maximum Gasteiger partial charge on any atom is 0.413 e. The van der Waals surface area contributed by atoms with Gasteiger partial charge in [-0.25, -0.2) is 9.59 Å². The smallest absolute Gasteiger partial charge is 0.413 e. The minimum absolute atomic E-state index is 0.0204. The largest absolute Gasteiger partial charge is 0.465 e. The molecule has 2 unspecified atom stereocenters. The van der Waals surface area contributed by atoms with Gasteiger partial charge in [-0.3, -0.25) is 4.90 Å². The maximum atomic E-state index is 12.8. The lowest BCUT2D eigenvalue weighted by molar-refractivity contribution is -0.190. The molecule has 2 atom stereocenters. The molecule has 1 aliphatic rings. The molecule has 1 fully saturated rings. The molecule has 0 N–H and O–H groups in total. The number of rotatable bonds is 2. The summed E-state index contributed by atoms with van der Waals surface area (Å²) in [4.78, 5) is 26.9. The van der Waals surface area contributed by atoms with Crippen LogP contribution in [0.5, 0.6) is 0 Å². The van der Waals surface area contributed by atoms with Crippen molar-refractivity contribution in [3.63, 3.8) is 0 Å². The number of likely N-dealkylation sites (tertiary alicyclic amines) is 1. The zero-order valence-electron chi connectivity index (χ0n) is 16.3. The van der Waals surface area contributed by atoms with Crippen LogP contribution in [0, 0.1) is 16.7 Å². The first-order valence-corrected chi connectivity index (χ1v) is 8.49. The summed E-state index contributed by atoms with van der Waals surface area (Å²) in [6, 6.07) is 0. The third kappa shape index (κ3) is 3.33. The molecular weight excluding hydrogens is 326 g/mol. The Morgan fingerprint density at radius 3 is 1.96 bits per heavy atom. The Balaban J connectivity index is 3.49. The molecule has 0 spiro atoms. The summed E-state index contributed by atoms with van der Waals surface area (Å²) in [6.07, 6.45) is -0.606. The summed E-state index contributed by atoms with van der Waals surface area (Å²) in [5, 5.41) is 0. The molecule has 0 saturated carbocycles. The first-order valence-electron chi connectivity index (χ1n) is 8.09. The Morgan fingerprint density at radius 1 is 1.12 bits per heavy atom. The lowest BCUT2D eigenvalue weighted by Gasteiger charge is -2.45. The minimum Gasteiger partial charge on any atom is -0.465 e. The molecule has 0 bridgehead atoms. The highest BCUT2D eigenvalue weighted by molar-refractivity contribution is 6.01. The van der Waals surface area contributed by atoms with Crippen molar-refractivity contribution in [1.29, 1.82) is 0 Å². The van der Waals surface area contributed by atoms with Gasteiger partial charge in [0.2, 0.25) is 16.2 Å².